The topological polar surface area (TPSA) is 17.1 Å². The van der Waals surface area contributed by atoms with Crippen molar-refractivity contribution in [3.05, 3.63) is 0 Å². The Bertz CT molecular complexity index is 566. The first-order valence-electron chi connectivity index (χ1n) is 6.26. The Morgan fingerprint density at radius 1 is 0.842 bits per heavy atom. The molecule has 5 rings (SSSR count). The molecule has 0 heterocycles. The third-order valence-electron chi connectivity index (χ3n) is 6.65. The second-order valence-electron chi connectivity index (χ2n) is 6.65. The van der Waals surface area contributed by atoms with Crippen molar-refractivity contribution in [2.75, 3.05) is 0 Å². The Morgan fingerprint density at radius 3 is 1.84 bits per heavy atom. The van der Waals surface area contributed by atoms with Crippen LogP contribution in [0.2, 0.25) is 0 Å². The summed E-state index contributed by atoms with van der Waals surface area (Å²) in [4.78, 5) is 7.49. The SMILES string of the molecule is O=CC1CC2C3[C@@]4(Cl)[C@]3(Cl)[C@@]3(Cl)C2C1[C@@]4(Cl)C3(Cl)Cl. The molecular formula is C12H8Cl6O. The number of hydrogen-bond donors (Lipinski definition) is 0. The van der Waals surface area contributed by atoms with Crippen LogP contribution in [0.1, 0.15) is 6.42 Å². The minimum Gasteiger partial charge on any atom is -0.303 e. The van der Waals surface area contributed by atoms with Crippen LogP contribution in [0.25, 0.3) is 0 Å². The van der Waals surface area contributed by atoms with Gasteiger partial charge in [0, 0.05) is 11.8 Å². The van der Waals surface area contributed by atoms with Gasteiger partial charge in [0.25, 0.3) is 0 Å². The molecular weight excluding hydrogens is 373 g/mol. The largest absolute Gasteiger partial charge is 0.303 e. The fourth-order valence-corrected chi connectivity index (χ4v) is 10.9. The van der Waals surface area contributed by atoms with Crippen LogP contribution in [0.5, 0.6) is 0 Å². The summed E-state index contributed by atoms with van der Waals surface area (Å²) in [5.41, 5.74) is 0. The summed E-state index contributed by atoms with van der Waals surface area (Å²) in [7, 11) is 0. The van der Waals surface area contributed by atoms with Crippen LogP contribution < -0.4 is 0 Å². The first-order valence-corrected chi connectivity index (χ1v) is 8.53. The van der Waals surface area contributed by atoms with Gasteiger partial charge in [-0.05, 0) is 24.2 Å². The highest BCUT2D eigenvalue weighted by molar-refractivity contribution is 6.66. The van der Waals surface area contributed by atoms with Gasteiger partial charge in [-0.1, -0.05) is 23.2 Å². The first-order chi connectivity index (χ1) is 8.67. The molecule has 0 aromatic carbocycles. The van der Waals surface area contributed by atoms with Crippen molar-refractivity contribution in [2.45, 2.75) is 30.3 Å². The van der Waals surface area contributed by atoms with Gasteiger partial charge in [0.1, 0.15) is 16.0 Å². The number of rotatable bonds is 1. The van der Waals surface area contributed by atoms with E-state index in [1.165, 1.54) is 0 Å². The number of hydrogen-bond acceptors (Lipinski definition) is 1. The molecule has 0 radical (unpaired) electrons. The molecule has 5 fully saturated rings. The van der Waals surface area contributed by atoms with E-state index in [1.54, 1.807) is 0 Å². The number of alkyl halides is 6. The molecule has 7 heteroatoms. The van der Waals surface area contributed by atoms with Gasteiger partial charge in [0.15, 0.2) is 4.33 Å². The summed E-state index contributed by atoms with van der Waals surface area (Å²) in [6, 6.07) is 0. The van der Waals surface area contributed by atoms with E-state index in [9.17, 15) is 4.79 Å². The smallest absolute Gasteiger partial charge is 0.160 e. The Kier molecular flexibility index (Phi) is 1.91. The summed E-state index contributed by atoms with van der Waals surface area (Å²) in [6.07, 6.45) is 1.70. The molecule has 5 aliphatic rings. The van der Waals surface area contributed by atoms with E-state index in [0.29, 0.717) is 0 Å². The standard InChI is InChI=1S/C12H8Cl6O/c13-8-5-3(2-19)1-4-6(5)9(14,12(8,17)18)11(16)7(4)10(8,11)15/h2-7H,1H2/t3?,4?,5?,6?,7?,8-,9-,10-,11+/m0/s1. The molecule has 0 aromatic heterocycles. The van der Waals surface area contributed by atoms with Crippen molar-refractivity contribution < 1.29 is 4.79 Å². The van der Waals surface area contributed by atoms with Crippen LogP contribution in [0.3, 0.4) is 0 Å². The second-order valence-corrected chi connectivity index (χ2v) is 10.4. The van der Waals surface area contributed by atoms with Crippen LogP contribution in [0.15, 0.2) is 0 Å². The van der Waals surface area contributed by atoms with Crippen molar-refractivity contribution in [3.63, 3.8) is 0 Å². The van der Waals surface area contributed by atoms with Gasteiger partial charge in [-0.2, -0.15) is 0 Å². The van der Waals surface area contributed by atoms with Crippen LogP contribution in [-0.4, -0.2) is 30.1 Å². The molecule has 0 saturated heterocycles. The van der Waals surface area contributed by atoms with Gasteiger partial charge in [0.05, 0.1) is 9.75 Å². The summed E-state index contributed by atoms with van der Waals surface area (Å²) in [5.74, 6) is -0.143. The summed E-state index contributed by atoms with van der Waals surface area (Å²) >= 11 is 40.4. The molecule has 2 bridgehead atoms. The molecule has 19 heavy (non-hydrogen) atoms. The van der Waals surface area contributed by atoms with E-state index in [1.807, 2.05) is 0 Å². The zero-order valence-corrected chi connectivity index (χ0v) is 13.9. The average Bonchev–Trinajstić information content (AvgIpc) is 2.59. The highest BCUT2D eigenvalue weighted by Crippen LogP contribution is 3.01. The molecule has 5 saturated carbocycles. The number of carbonyl (C=O) groups excluding carboxylic acids is 1. The predicted molar refractivity (Wildman–Crippen MR) is 76.9 cm³/mol. The van der Waals surface area contributed by atoms with Gasteiger partial charge in [-0.3, -0.25) is 0 Å². The maximum absolute atomic E-state index is 11.4. The van der Waals surface area contributed by atoms with Crippen molar-refractivity contribution in [3.8, 4) is 0 Å². The van der Waals surface area contributed by atoms with Gasteiger partial charge in [0.2, 0.25) is 0 Å². The number of carbonyl (C=O) groups is 1. The highest BCUT2D eigenvalue weighted by Gasteiger charge is 3.12. The van der Waals surface area contributed by atoms with Crippen molar-refractivity contribution >= 4 is 75.9 Å². The molecule has 0 spiro atoms. The molecule has 9 atom stereocenters. The molecule has 0 aromatic rings. The van der Waals surface area contributed by atoms with E-state index in [2.05, 4.69) is 0 Å². The lowest BCUT2D eigenvalue weighted by Crippen LogP contribution is -2.53. The predicted octanol–water partition coefficient (Wildman–Crippen LogP) is 3.81. The number of halogens is 6. The summed E-state index contributed by atoms with van der Waals surface area (Å²) < 4.78 is -1.41. The van der Waals surface area contributed by atoms with Crippen LogP contribution >= 0.6 is 69.6 Å². The first kappa shape index (κ1) is 12.9. The van der Waals surface area contributed by atoms with E-state index >= 15 is 0 Å². The maximum Gasteiger partial charge on any atom is 0.160 e. The Balaban J connectivity index is 1.89. The summed E-state index contributed by atoms with van der Waals surface area (Å²) in [6.45, 7) is 0. The van der Waals surface area contributed by atoms with Crippen LogP contribution in [0.4, 0.5) is 0 Å². The third-order valence-corrected chi connectivity index (χ3v) is 11.9. The molecule has 0 amide bonds. The van der Waals surface area contributed by atoms with Crippen molar-refractivity contribution in [1.29, 1.82) is 0 Å². The van der Waals surface area contributed by atoms with Crippen molar-refractivity contribution in [1.82, 2.24) is 0 Å². The normalized spacial score (nSPS) is 76.6. The Morgan fingerprint density at radius 2 is 1.37 bits per heavy atom. The third kappa shape index (κ3) is 0.720. The van der Waals surface area contributed by atoms with E-state index in [4.69, 9.17) is 69.6 Å². The number of fused-ring (bicyclic) bond motifs is 5. The van der Waals surface area contributed by atoms with E-state index < -0.39 is 23.8 Å². The molecule has 0 N–H and O–H groups in total. The lowest BCUT2D eigenvalue weighted by Gasteiger charge is -2.42. The van der Waals surface area contributed by atoms with Crippen LogP contribution in [-0.2, 0) is 4.79 Å². The minimum absolute atomic E-state index is 0.00941. The Labute approximate surface area is 140 Å². The van der Waals surface area contributed by atoms with Gasteiger partial charge in [-0.25, -0.2) is 0 Å². The molecule has 0 aliphatic heterocycles. The zero-order chi connectivity index (χ0) is 13.8. The molecule has 1 nitrogen and oxygen atoms in total. The lowest BCUT2D eigenvalue weighted by molar-refractivity contribution is -0.112. The van der Waals surface area contributed by atoms with Crippen molar-refractivity contribution in [2.24, 2.45) is 29.6 Å². The fourth-order valence-electron chi connectivity index (χ4n) is 6.34. The highest BCUT2D eigenvalue weighted by atomic mass is 35.5. The Hall–Kier alpha value is 1.41. The van der Waals surface area contributed by atoms with E-state index in [0.717, 1.165) is 12.7 Å². The number of aldehydes is 1. The lowest BCUT2D eigenvalue weighted by atomic mass is 9.73. The summed E-state index contributed by atoms with van der Waals surface area (Å²) in [5, 5.41) is 0. The van der Waals surface area contributed by atoms with Gasteiger partial charge < -0.3 is 4.79 Å². The molecule has 104 valence electrons. The maximum atomic E-state index is 11.4. The second kappa shape index (κ2) is 2.81. The molecule has 5 unspecified atom stereocenters. The van der Waals surface area contributed by atoms with Gasteiger partial charge >= 0.3 is 0 Å². The van der Waals surface area contributed by atoms with Crippen LogP contribution in [0, 0.1) is 29.6 Å². The fraction of sp³-hybridized carbons (Fsp3) is 0.917. The monoisotopic (exact) mass is 378 g/mol. The zero-order valence-electron chi connectivity index (χ0n) is 9.35. The average molecular weight is 381 g/mol. The quantitative estimate of drug-likeness (QED) is 0.499. The van der Waals surface area contributed by atoms with E-state index in [-0.39, 0.29) is 29.6 Å². The van der Waals surface area contributed by atoms with Gasteiger partial charge in [-0.15, -0.1) is 46.4 Å². The minimum atomic E-state index is -1.41. The molecule has 5 aliphatic carbocycles.